The lowest BCUT2D eigenvalue weighted by Crippen LogP contribution is -2.25. The van der Waals surface area contributed by atoms with Gasteiger partial charge in [-0.1, -0.05) is 72.3 Å². The van der Waals surface area contributed by atoms with Crippen LogP contribution in [0.15, 0.2) is 78.9 Å². The highest BCUT2D eigenvalue weighted by Crippen LogP contribution is 2.23. The molecule has 3 aromatic rings. The summed E-state index contributed by atoms with van der Waals surface area (Å²) < 4.78 is 0. The molecule has 0 radical (unpaired) electrons. The zero-order chi connectivity index (χ0) is 20.5. The molecule has 0 aliphatic carbocycles. The summed E-state index contributed by atoms with van der Waals surface area (Å²) >= 11 is 6.20. The van der Waals surface area contributed by atoms with Crippen LogP contribution in [-0.4, -0.2) is 18.4 Å². The molecule has 3 aromatic carbocycles. The molecule has 0 fully saturated rings. The lowest BCUT2D eigenvalue weighted by Gasteiger charge is -2.10. The van der Waals surface area contributed by atoms with Gasteiger partial charge in [0.25, 0.3) is 5.91 Å². The molecular weight excluding hydrogens is 384 g/mol. The Kier molecular flexibility index (Phi) is 7.42. The molecule has 0 unspecified atom stereocenters. The maximum Gasteiger partial charge on any atom is 0.251 e. The minimum absolute atomic E-state index is 0.141. The molecule has 0 spiro atoms. The van der Waals surface area contributed by atoms with Gasteiger partial charge in [-0.3, -0.25) is 9.59 Å². The van der Waals surface area contributed by atoms with E-state index in [9.17, 15) is 9.59 Å². The molecule has 0 saturated heterocycles. The van der Waals surface area contributed by atoms with Gasteiger partial charge in [0.2, 0.25) is 5.91 Å². The summed E-state index contributed by atoms with van der Waals surface area (Å²) in [4.78, 5) is 24.7. The summed E-state index contributed by atoms with van der Waals surface area (Å²) in [7, 11) is 0. The van der Waals surface area contributed by atoms with Crippen molar-refractivity contribution in [3.63, 3.8) is 0 Å². The minimum atomic E-state index is -0.197. The average molecular weight is 407 g/mol. The quantitative estimate of drug-likeness (QED) is 0.560. The molecule has 4 nitrogen and oxygen atoms in total. The van der Waals surface area contributed by atoms with Crippen molar-refractivity contribution in [2.24, 2.45) is 0 Å². The highest BCUT2D eigenvalue weighted by atomic mass is 35.5. The predicted molar refractivity (Wildman–Crippen MR) is 117 cm³/mol. The number of amides is 2. The zero-order valence-electron chi connectivity index (χ0n) is 16.0. The molecule has 0 aliphatic heterocycles. The van der Waals surface area contributed by atoms with Crippen molar-refractivity contribution in [1.29, 1.82) is 0 Å². The number of nitrogens with one attached hydrogen (secondary N) is 2. The second kappa shape index (κ2) is 10.4. The molecule has 3 rings (SSSR count). The maximum atomic E-state index is 12.4. The number of halogens is 1. The van der Waals surface area contributed by atoms with Crippen LogP contribution < -0.4 is 10.6 Å². The third-order valence-corrected chi connectivity index (χ3v) is 4.86. The normalized spacial score (nSPS) is 10.4. The number of carbonyl (C=O) groups excluding carboxylic acids is 2. The molecule has 0 saturated carbocycles. The van der Waals surface area contributed by atoms with E-state index in [-0.39, 0.29) is 11.8 Å². The SMILES string of the molecule is O=C(CCc1ccccc1)Nc1cc(C(=O)NCCc2ccccc2)ccc1Cl. The van der Waals surface area contributed by atoms with Gasteiger partial charge in [0.15, 0.2) is 0 Å². The number of aryl methyl sites for hydroxylation is 1. The molecule has 0 atom stereocenters. The number of hydrogen-bond donors (Lipinski definition) is 2. The van der Waals surface area contributed by atoms with E-state index in [1.54, 1.807) is 18.2 Å². The first-order valence-electron chi connectivity index (χ1n) is 9.57. The summed E-state index contributed by atoms with van der Waals surface area (Å²) in [5.41, 5.74) is 3.16. The van der Waals surface area contributed by atoms with Gasteiger partial charge < -0.3 is 10.6 Å². The molecule has 2 amide bonds. The summed E-state index contributed by atoms with van der Waals surface area (Å²) in [6, 6.07) is 24.7. The Labute approximate surface area is 175 Å². The number of benzene rings is 3. The Balaban J connectivity index is 1.54. The van der Waals surface area contributed by atoms with Gasteiger partial charge >= 0.3 is 0 Å². The highest BCUT2D eigenvalue weighted by Gasteiger charge is 2.11. The summed E-state index contributed by atoms with van der Waals surface area (Å²) in [5.74, 6) is -0.338. The predicted octanol–water partition coefficient (Wildman–Crippen LogP) is 4.88. The number of hydrogen-bond acceptors (Lipinski definition) is 2. The fourth-order valence-corrected chi connectivity index (χ4v) is 3.11. The third-order valence-electron chi connectivity index (χ3n) is 4.53. The Hall–Kier alpha value is -3.11. The van der Waals surface area contributed by atoms with Crippen molar-refractivity contribution in [2.75, 3.05) is 11.9 Å². The minimum Gasteiger partial charge on any atom is -0.352 e. The summed E-state index contributed by atoms with van der Waals surface area (Å²) in [5, 5.41) is 6.11. The van der Waals surface area contributed by atoms with Crippen molar-refractivity contribution in [3.05, 3.63) is 101 Å². The van der Waals surface area contributed by atoms with Crippen molar-refractivity contribution >= 4 is 29.1 Å². The van der Waals surface area contributed by atoms with Crippen LogP contribution in [0.5, 0.6) is 0 Å². The first-order chi connectivity index (χ1) is 14.1. The van der Waals surface area contributed by atoms with Crippen LogP contribution in [0.1, 0.15) is 27.9 Å². The van der Waals surface area contributed by atoms with Crippen LogP contribution in [-0.2, 0) is 17.6 Å². The molecular formula is C24H23ClN2O2. The van der Waals surface area contributed by atoms with Gasteiger partial charge in [-0.05, 0) is 42.2 Å². The molecule has 148 valence electrons. The van der Waals surface area contributed by atoms with Gasteiger partial charge in [0, 0.05) is 18.5 Å². The standard InChI is InChI=1S/C24H23ClN2O2/c25-21-13-12-20(24(29)26-16-15-19-9-5-2-6-10-19)17-22(21)27-23(28)14-11-18-7-3-1-4-8-18/h1-10,12-13,17H,11,14-16H2,(H,26,29)(H,27,28). The van der Waals surface area contributed by atoms with Crippen LogP contribution >= 0.6 is 11.6 Å². The third kappa shape index (κ3) is 6.47. The Morgan fingerprint density at radius 2 is 1.41 bits per heavy atom. The molecule has 0 aromatic heterocycles. The molecule has 5 heteroatoms. The molecule has 29 heavy (non-hydrogen) atoms. The number of carbonyl (C=O) groups is 2. The second-order valence-electron chi connectivity index (χ2n) is 6.72. The molecule has 0 bridgehead atoms. The molecule has 0 aliphatic rings. The highest BCUT2D eigenvalue weighted by molar-refractivity contribution is 6.33. The van der Waals surface area contributed by atoms with Crippen LogP contribution in [0.25, 0.3) is 0 Å². The van der Waals surface area contributed by atoms with Crippen LogP contribution in [0, 0.1) is 0 Å². The Morgan fingerprint density at radius 1 is 0.793 bits per heavy atom. The fourth-order valence-electron chi connectivity index (χ4n) is 2.94. The zero-order valence-corrected chi connectivity index (χ0v) is 16.8. The van der Waals surface area contributed by atoms with Crippen molar-refractivity contribution < 1.29 is 9.59 Å². The number of anilines is 1. The Bertz CT molecular complexity index is 959. The first-order valence-corrected chi connectivity index (χ1v) is 9.95. The van der Waals surface area contributed by atoms with Crippen molar-refractivity contribution in [3.8, 4) is 0 Å². The summed E-state index contributed by atoms with van der Waals surface area (Å²) in [6.45, 7) is 0.532. The largest absolute Gasteiger partial charge is 0.352 e. The smallest absolute Gasteiger partial charge is 0.251 e. The lowest BCUT2D eigenvalue weighted by molar-refractivity contribution is -0.116. The topological polar surface area (TPSA) is 58.2 Å². The fraction of sp³-hybridized carbons (Fsp3) is 0.167. The van der Waals surface area contributed by atoms with Gasteiger partial charge in [0.05, 0.1) is 10.7 Å². The molecule has 2 N–H and O–H groups in total. The van der Waals surface area contributed by atoms with E-state index >= 15 is 0 Å². The van der Waals surface area contributed by atoms with Crippen LogP contribution in [0.4, 0.5) is 5.69 Å². The van der Waals surface area contributed by atoms with E-state index in [4.69, 9.17) is 11.6 Å². The van der Waals surface area contributed by atoms with Gasteiger partial charge in [0.1, 0.15) is 0 Å². The van der Waals surface area contributed by atoms with Gasteiger partial charge in [-0.15, -0.1) is 0 Å². The van der Waals surface area contributed by atoms with Crippen LogP contribution in [0.2, 0.25) is 5.02 Å². The monoisotopic (exact) mass is 406 g/mol. The van der Waals surface area contributed by atoms with Gasteiger partial charge in [-0.2, -0.15) is 0 Å². The van der Waals surface area contributed by atoms with Gasteiger partial charge in [-0.25, -0.2) is 0 Å². The van der Waals surface area contributed by atoms with E-state index in [0.29, 0.717) is 35.7 Å². The first kappa shape index (κ1) is 20.6. The average Bonchev–Trinajstić information content (AvgIpc) is 2.75. The number of rotatable bonds is 8. The van der Waals surface area contributed by atoms with Crippen LogP contribution in [0.3, 0.4) is 0 Å². The van der Waals surface area contributed by atoms with E-state index in [2.05, 4.69) is 10.6 Å². The van der Waals surface area contributed by atoms with E-state index in [1.165, 1.54) is 0 Å². The Morgan fingerprint density at radius 3 is 2.07 bits per heavy atom. The summed E-state index contributed by atoms with van der Waals surface area (Å²) in [6.07, 6.45) is 1.74. The van der Waals surface area contributed by atoms with E-state index < -0.39 is 0 Å². The second-order valence-corrected chi connectivity index (χ2v) is 7.13. The van der Waals surface area contributed by atoms with E-state index in [0.717, 1.165) is 17.5 Å². The molecule has 0 heterocycles. The van der Waals surface area contributed by atoms with Crippen molar-refractivity contribution in [2.45, 2.75) is 19.3 Å². The van der Waals surface area contributed by atoms with Crippen molar-refractivity contribution in [1.82, 2.24) is 5.32 Å². The van der Waals surface area contributed by atoms with E-state index in [1.807, 2.05) is 60.7 Å². The lowest BCUT2D eigenvalue weighted by atomic mass is 10.1. The maximum absolute atomic E-state index is 12.4.